The third-order valence-corrected chi connectivity index (χ3v) is 5.44. The van der Waals surface area contributed by atoms with Crippen LogP contribution in [0.15, 0.2) is 54.1 Å². The van der Waals surface area contributed by atoms with Crippen LogP contribution < -0.4 is 9.47 Å². The predicted molar refractivity (Wildman–Crippen MR) is 124 cm³/mol. The number of aliphatic hydroxyl groups excluding tert-OH is 1. The summed E-state index contributed by atoms with van der Waals surface area (Å²) in [6, 6.07) is 13.5. The number of para-hydroxylation sites is 1. The third-order valence-electron chi connectivity index (χ3n) is 5.44. The molecule has 1 heterocycles. The number of nitrogens with zero attached hydrogens (tertiary/aromatic N) is 1. The number of rotatable bonds is 9. The van der Waals surface area contributed by atoms with E-state index < -0.39 is 17.7 Å². The molecule has 0 aromatic heterocycles. The van der Waals surface area contributed by atoms with Crippen molar-refractivity contribution < 1.29 is 24.2 Å². The zero-order valence-corrected chi connectivity index (χ0v) is 19.1. The summed E-state index contributed by atoms with van der Waals surface area (Å²) in [4.78, 5) is 27.5. The van der Waals surface area contributed by atoms with Crippen molar-refractivity contribution in [3.63, 3.8) is 0 Å². The van der Waals surface area contributed by atoms with E-state index in [0.717, 1.165) is 12.8 Å². The van der Waals surface area contributed by atoms with E-state index in [4.69, 9.17) is 9.47 Å². The molecule has 32 heavy (non-hydrogen) atoms. The van der Waals surface area contributed by atoms with E-state index in [1.807, 2.05) is 25.1 Å². The molecule has 170 valence electrons. The fourth-order valence-electron chi connectivity index (χ4n) is 3.78. The van der Waals surface area contributed by atoms with Crippen LogP contribution >= 0.6 is 0 Å². The Kier molecular flexibility index (Phi) is 7.57. The SMILES string of the molecule is CCCCN1C(=O)C(=O)/C(=C(\O)c2ccc(OCC(C)C)cc2)C1c1ccccc1OC. The van der Waals surface area contributed by atoms with Crippen LogP contribution in [0.5, 0.6) is 11.5 Å². The fraction of sp³-hybridized carbons (Fsp3) is 0.385. The van der Waals surface area contributed by atoms with Crippen molar-refractivity contribution in [2.45, 2.75) is 39.7 Å². The van der Waals surface area contributed by atoms with Crippen LogP contribution in [0.25, 0.3) is 5.76 Å². The number of ketones is 1. The molecule has 6 nitrogen and oxygen atoms in total. The maximum Gasteiger partial charge on any atom is 0.295 e. The van der Waals surface area contributed by atoms with Crippen molar-refractivity contribution in [2.75, 3.05) is 20.3 Å². The van der Waals surface area contributed by atoms with Gasteiger partial charge in [-0.2, -0.15) is 0 Å². The minimum Gasteiger partial charge on any atom is -0.507 e. The monoisotopic (exact) mass is 437 g/mol. The zero-order chi connectivity index (χ0) is 23.3. The first-order valence-electron chi connectivity index (χ1n) is 11.0. The fourth-order valence-corrected chi connectivity index (χ4v) is 3.78. The van der Waals surface area contributed by atoms with Gasteiger partial charge in [-0.15, -0.1) is 0 Å². The molecular weight excluding hydrogens is 406 g/mol. The topological polar surface area (TPSA) is 76.1 Å². The molecule has 0 spiro atoms. The van der Waals surface area contributed by atoms with Crippen LogP contribution in [-0.2, 0) is 9.59 Å². The summed E-state index contributed by atoms with van der Waals surface area (Å²) in [5.41, 5.74) is 1.20. The highest BCUT2D eigenvalue weighted by atomic mass is 16.5. The van der Waals surface area contributed by atoms with E-state index in [9.17, 15) is 14.7 Å². The lowest BCUT2D eigenvalue weighted by atomic mass is 9.94. The van der Waals surface area contributed by atoms with Gasteiger partial charge in [-0.05, 0) is 42.7 Å². The van der Waals surface area contributed by atoms with Crippen LogP contribution in [0.4, 0.5) is 0 Å². The lowest BCUT2D eigenvalue weighted by Crippen LogP contribution is -2.30. The number of likely N-dealkylation sites (tertiary alicyclic amines) is 1. The molecule has 1 fully saturated rings. The highest BCUT2D eigenvalue weighted by Gasteiger charge is 2.46. The number of benzene rings is 2. The van der Waals surface area contributed by atoms with Crippen LogP contribution in [0.3, 0.4) is 0 Å². The van der Waals surface area contributed by atoms with E-state index in [2.05, 4.69) is 13.8 Å². The molecule has 2 aromatic rings. The number of hydrogen-bond acceptors (Lipinski definition) is 5. The molecule has 3 rings (SSSR count). The quantitative estimate of drug-likeness (QED) is 0.341. The standard InChI is InChI=1S/C26H31NO5/c1-5-6-15-27-23(20-9-7-8-10-21(20)31-4)22(25(29)26(27)30)24(28)18-11-13-19(14-12-18)32-16-17(2)3/h7-14,17,23,28H,5-6,15-16H2,1-4H3/b24-22-. The van der Waals surface area contributed by atoms with E-state index in [-0.39, 0.29) is 11.3 Å². The molecule has 1 unspecified atom stereocenters. The van der Waals surface area contributed by atoms with Gasteiger partial charge in [-0.25, -0.2) is 0 Å². The largest absolute Gasteiger partial charge is 0.507 e. The number of Topliss-reactive ketones (excluding diaryl/α,β-unsaturated/α-hetero) is 1. The number of unbranched alkanes of at least 4 members (excludes halogenated alkanes) is 1. The normalized spacial score (nSPS) is 17.8. The molecule has 1 saturated heterocycles. The summed E-state index contributed by atoms with van der Waals surface area (Å²) >= 11 is 0. The lowest BCUT2D eigenvalue weighted by molar-refractivity contribution is -0.139. The Labute approximate surface area is 189 Å². The van der Waals surface area contributed by atoms with Crippen LogP contribution in [-0.4, -0.2) is 42.0 Å². The van der Waals surface area contributed by atoms with Crippen molar-refractivity contribution >= 4 is 17.4 Å². The van der Waals surface area contributed by atoms with Crippen molar-refractivity contribution in [3.05, 3.63) is 65.2 Å². The van der Waals surface area contributed by atoms with Gasteiger partial charge in [0.15, 0.2) is 0 Å². The summed E-state index contributed by atoms with van der Waals surface area (Å²) < 4.78 is 11.2. The van der Waals surface area contributed by atoms with Crippen molar-refractivity contribution in [1.82, 2.24) is 4.90 Å². The molecule has 6 heteroatoms. The summed E-state index contributed by atoms with van der Waals surface area (Å²) in [5, 5.41) is 11.2. The second-order valence-corrected chi connectivity index (χ2v) is 8.32. The predicted octanol–water partition coefficient (Wildman–Crippen LogP) is 4.95. The average molecular weight is 438 g/mol. The first-order valence-corrected chi connectivity index (χ1v) is 11.0. The number of aliphatic hydroxyl groups is 1. The van der Waals surface area contributed by atoms with Crippen molar-refractivity contribution in [3.8, 4) is 11.5 Å². The van der Waals surface area contributed by atoms with Gasteiger partial charge >= 0.3 is 0 Å². The van der Waals surface area contributed by atoms with Crippen LogP contribution in [0.1, 0.15) is 50.8 Å². The number of ether oxygens (including phenoxy) is 2. The molecule has 1 atom stereocenters. The van der Waals surface area contributed by atoms with Gasteiger partial charge in [-0.3, -0.25) is 9.59 Å². The molecule has 1 N–H and O–H groups in total. The van der Waals surface area contributed by atoms with Gasteiger partial charge in [0.1, 0.15) is 17.3 Å². The number of carbonyl (C=O) groups excluding carboxylic acids is 2. The van der Waals surface area contributed by atoms with Gasteiger partial charge in [-0.1, -0.05) is 45.4 Å². The van der Waals surface area contributed by atoms with Gasteiger partial charge < -0.3 is 19.5 Å². The molecule has 0 radical (unpaired) electrons. The van der Waals surface area contributed by atoms with E-state index in [0.29, 0.717) is 41.7 Å². The molecule has 0 saturated carbocycles. The summed E-state index contributed by atoms with van der Waals surface area (Å²) in [5.74, 6) is 0.142. The van der Waals surface area contributed by atoms with Gasteiger partial charge in [0, 0.05) is 17.7 Å². The smallest absolute Gasteiger partial charge is 0.295 e. The van der Waals surface area contributed by atoms with E-state index >= 15 is 0 Å². The number of amides is 1. The van der Waals surface area contributed by atoms with E-state index in [1.165, 1.54) is 4.90 Å². The molecule has 0 bridgehead atoms. The minimum atomic E-state index is -0.713. The Morgan fingerprint density at radius 1 is 1.09 bits per heavy atom. The first kappa shape index (κ1) is 23.4. The second kappa shape index (κ2) is 10.4. The Hall–Kier alpha value is -3.28. The Morgan fingerprint density at radius 3 is 2.41 bits per heavy atom. The maximum absolute atomic E-state index is 13.0. The Morgan fingerprint density at radius 2 is 1.78 bits per heavy atom. The zero-order valence-electron chi connectivity index (χ0n) is 19.1. The number of methoxy groups -OCH3 is 1. The molecule has 1 aliphatic rings. The Balaban J connectivity index is 2.07. The summed E-state index contributed by atoms with van der Waals surface area (Å²) in [6.45, 7) is 7.16. The maximum atomic E-state index is 13.0. The van der Waals surface area contributed by atoms with Gasteiger partial charge in [0.2, 0.25) is 0 Å². The molecule has 0 aliphatic carbocycles. The third kappa shape index (κ3) is 4.79. The van der Waals surface area contributed by atoms with Crippen LogP contribution in [0.2, 0.25) is 0 Å². The summed E-state index contributed by atoms with van der Waals surface area (Å²) in [7, 11) is 1.55. The average Bonchev–Trinajstić information content (AvgIpc) is 3.05. The summed E-state index contributed by atoms with van der Waals surface area (Å²) in [6.07, 6.45) is 1.63. The first-order chi connectivity index (χ1) is 15.4. The van der Waals surface area contributed by atoms with Gasteiger partial charge in [0.05, 0.1) is 25.3 Å². The highest BCUT2D eigenvalue weighted by Crippen LogP contribution is 2.42. The van der Waals surface area contributed by atoms with Crippen molar-refractivity contribution in [1.29, 1.82) is 0 Å². The lowest BCUT2D eigenvalue weighted by Gasteiger charge is -2.26. The molecular formula is C26H31NO5. The molecule has 2 aromatic carbocycles. The van der Waals surface area contributed by atoms with E-state index in [1.54, 1.807) is 37.4 Å². The molecule has 1 amide bonds. The number of hydrogen-bond donors (Lipinski definition) is 1. The number of carbonyl (C=O) groups is 2. The minimum absolute atomic E-state index is 0.0754. The Bertz CT molecular complexity index is 994. The van der Waals surface area contributed by atoms with Crippen molar-refractivity contribution in [2.24, 2.45) is 5.92 Å². The van der Waals surface area contributed by atoms with Crippen LogP contribution in [0, 0.1) is 5.92 Å². The second-order valence-electron chi connectivity index (χ2n) is 8.32. The van der Waals surface area contributed by atoms with Gasteiger partial charge in [0.25, 0.3) is 11.7 Å². The highest BCUT2D eigenvalue weighted by molar-refractivity contribution is 6.46. The molecule has 1 aliphatic heterocycles.